The van der Waals surface area contributed by atoms with Crippen LogP contribution in [0.3, 0.4) is 0 Å². The van der Waals surface area contributed by atoms with Gasteiger partial charge >= 0.3 is 0 Å². The maximum Gasteiger partial charge on any atom is 0.0757 e. The summed E-state index contributed by atoms with van der Waals surface area (Å²) < 4.78 is 5.96. The van der Waals surface area contributed by atoms with Gasteiger partial charge in [0.1, 0.15) is 0 Å². The van der Waals surface area contributed by atoms with Gasteiger partial charge in [0.25, 0.3) is 0 Å². The summed E-state index contributed by atoms with van der Waals surface area (Å²) in [5, 5.41) is 10.3. The van der Waals surface area contributed by atoms with E-state index in [9.17, 15) is 5.11 Å². The Hall–Kier alpha value is -0.120. The van der Waals surface area contributed by atoms with Crippen LogP contribution in [0.15, 0.2) is 0 Å². The SMILES string of the molecule is CCC1CCC(O)C(N2CC(C)OC(C)(C)C2)C1. The molecular formula is C15H29NO2. The topological polar surface area (TPSA) is 32.7 Å². The van der Waals surface area contributed by atoms with E-state index in [0.29, 0.717) is 6.04 Å². The third-order valence-corrected chi connectivity index (χ3v) is 4.53. The first-order valence-electron chi connectivity index (χ1n) is 7.51. The second-order valence-corrected chi connectivity index (χ2v) is 6.84. The van der Waals surface area contributed by atoms with Crippen molar-refractivity contribution in [2.45, 2.75) is 77.2 Å². The van der Waals surface area contributed by atoms with Crippen molar-refractivity contribution < 1.29 is 9.84 Å². The van der Waals surface area contributed by atoms with Gasteiger partial charge in [0.05, 0.1) is 17.8 Å². The Balaban J connectivity index is 2.04. The number of hydrogen-bond donors (Lipinski definition) is 1. The highest BCUT2D eigenvalue weighted by molar-refractivity contribution is 4.92. The summed E-state index contributed by atoms with van der Waals surface area (Å²) in [6.07, 6.45) is 4.68. The van der Waals surface area contributed by atoms with Crippen LogP contribution in [0.2, 0.25) is 0 Å². The lowest BCUT2D eigenvalue weighted by Crippen LogP contribution is -2.58. The van der Waals surface area contributed by atoms with Crippen molar-refractivity contribution in [2.75, 3.05) is 13.1 Å². The van der Waals surface area contributed by atoms with E-state index in [2.05, 4.69) is 32.6 Å². The van der Waals surface area contributed by atoms with Crippen molar-refractivity contribution in [3.8, 4) is 0 Å². The molecule has 0 amide bonds. The molecule has 1 aliphatic heterocycles. The third kappa shape index (κ3) is 3.25. The number of hydrogen-bond acceptors (Lipinski definition) is 3. The molecule has 2 rings (SSSR count). The van der Waals surface area contributed by atoms with Crippen LogP contribution in [-0.4, -0.2) is 46.9 Å². The van der Waals surface area contributed by atoms with Crippen LogP contribution in [0.25, 0.3) is 0 Å². The lowest BCUT2D eigenvalue weighted by molar-refractivity contribution is -0.152. The predicted octanol–water partition coefficient (Wildman–Crippen LogP) is 2.43. The van der Waals surface area contributed by atoms with Crippen molar-refractivity contribution in [1.29, 1.82) is 0 Å². The Morgan fingerprint density at radius 2 is 2.06 bits per heavy atom. The van der Waals surface area contributed by atoms with Crippen molar-refractivity contribution in [1.82, 2.24) is 4.90 Å². The van der Waals surface area contributed by atoms with Crippen LogP contribution in [0.5, 0.6) is 0 Å². The van der Waals surface area contributed by atoms with Gasteiger partial charge in [-0.1, -0.05) is 13.3 Å². The summed E-state index contributed by atoms with van der Waals surface area (Å²) in [4.78, 5) is 2.47. The molecule has 1 saturated heterocycles. The summed E-state index contributed by atoms with van der Waals surface area (Å²) >= 11 is 0. The van der Waals surface area contributed by atoms with Gasteiger partial charge in [-0.15, -0.1) is 0 Å². The summed E-state index contributed by atoms with van der Waals surface area (Å²) in [6.45, 7) is 10.6. The van der Waals surface area contributed by atoms with E-state index in [1.165, 1.54) is 12.8 Å². The zero-order valence-corrected chi connectivity index (χ0v) is 12.4. The average Bonchev–Trinajstić information content (AvgIpc) is 2.27. The molecule has 106 valence electrons. The molecule has 18 heavy (non-hydrogen) atoms. The zero-order valence-electron chi connectivity index (χ0n) is 12.4. The highest BCUT2D eigenvalue weighted by Crippen LogP contribution is 2.33. The molecule has 1 heterocycles. The minimum Gasteiger partial charge on any atom is -0.391 e. The fourth-order valence-electron chi connectivity index (χ4n) is 3.73. The first-order chi connectivity index (χ1) is 8.41. The highest BCUT2D eigenvalue weighted by Gasteiger charge is 2.39. The van der Waals surface area contributed by atoms with Crippen LogP contribution in [0, 0.1) is 5.92 Å². The second kappa shape index (κ2) is 5.48. The van der Waals surface area contributed by atoms with E-state index >= 15 is 0 Å². The standard InChI is InChI=1S/C15H29NO2/c1-5-12-6-7-14(17)13(8-12)16-9-11(2)18-15(3,4)10-16/h11-14,17H,5-10H2,1-4H3. The quantitative estimate of drug-likeness (QED) is 0.822. The minimum absolute atomic E-state index is 0.0868. The first-order valence-corrected chi connectivity index (χ1v) is 7.51. The summed E-state index contributed by atoms with van der Waals surface area (Å²) in [5.41, 5.74) is -0.0868. The molecule has 0 aromatic carbocycles. The van der Waals surface area contributed by atoms with Gasteiger partial charge < -0.3 is 9.84 Å². The van der Waals surface area contributed by atoms with Crippen LogP contribution >= 0.6 is 0 Å². The fraction of sp³-hybridized carbons (Fsp3) is 1.00. The van der Waals surface area contributed by atoms with Crippen LogP contribution < -0.4 is 0 Å². The summed E-state index contributed by atoms with van der Waals surface area (Å²) in [5.74, 6) is 0.791. The zero-order chi connectivity index (χ0) is 13.3. The van der Waals surface area contributed by atoms with E-state index in [4.69, 9.17) is 4.74 Å². The van der Waals surface area contributed by atoms with Gasteiger partial charge in [-0.3, -0.25) is 4.90 Å². The molecular weight excluding hydrogens is 226 g/mol. The molecule has 3 nitrogen and oxygen atoms in total. The monoisotopic (exact) mass is 255 g/mol. The number of aliphatic hydroxyl groups excluding tert-OH is 1. The van der Waals surface area contributed by atoms with Crippen LogP contribution in [-0.2, 0) is 4.74 Å². The molecule has 2 aliphatic rings. The maximum absolute atomic E-state index is 10.3. The van der Waals surface area contributed by atoms with Crippen molar-refractivity contribution >= 4 is 0 Å². The number of nitrogens with zero attached hydrogens (tertiary/aromatic N) is 1. The summed E-state index contributed by atoms with van der Waals surface area (Å²) in [7, 11) is 0. The van der Waals surface area contributed by atoms with Gasteiger partial charge in [0, 0.05) is 19.1 Å². The van der Waals surface area contributed by atoms with E-state index < -0.39 is 0 Å². The Morgan fingerprint density at radius 3 is 2.67 bits per heavy atom. The third-order valence-electron chi connectivity index (χ3n) is 4.53. The molecule has 0 radical (unpaired) electrons. The molecule has 3 heteroatoms. The molecule has 0 bridgehead atoms. The second-order valence-electron chi connectivity index (χ2n) is 6.84. The lowest BCUT2D eigenvalue weighted by atomic mass is 9.81. The number of aliphatic hydroxyl groups is 1. The Bertz CT molecular complexity index is 280. The van der Waals surface area contributed by atoms with E-state index in [0.717, 1.165) is 31.8 Å². The molecule has 0 aromatic heterocycles. The highest BCUT2D eigenvalue weighted by atomic mass is 16.5. The van der Waals surface area contributed by atoms with Gasteiger partial charge in [-0.05, 0) is 46.0 Å². The largest absolute Gasteiger partial charge is 0.391 e. The summed E-state index contributed by atoms with van der Waals surface area (Å²) in [6, 6.07) is 0.342. The normalized spacial score (nSPS) is 41.8. The average molecular weight is 255 g/mol. The van der Waals surface area contributed by atoms with Crippen molar-refractivity contribution in [3.63, 3.8) is 0 Å². The van der Waals surface area contributed by atoms with Gasteiger partial charge in [-0.25, -0.2) is 0 Å². The molecule has 0 aromatic rings. The smallest absolute Gasteiger partial charge is 0.0757 e. The van der Waals surface area contributed by atoms with E-state index in [-0.39, 0.29) is 17.8 Å². The molecule has 2 fully saturated rings. The molecule has 4 atom stereocenters. The molecule has 1 aliphatic carbocycles. The van der Waals surface area contributed by atoms with Crippen molar-refractivity contribution in [2.24, 2.45) is 5.92 Å². The van der Waals surface area contributed by atoms with Crippen LogP contribution in [0.1, 0.15) is 53.4 Å². The maximum atomic E-state index is 10.3. The predicted molar refractivity (Wildman–Crippen MR) is 73.6 cm³/mol. The van der Waals surface area contributed by atoms with Crippen molar-refractivity contribution in [3.05, 3.63) is 0 Å². The molecule has 1 N–H and O–H groups in total. The van der Waals surface area contributed by atoms with Gasteiger partial charge in [0.2, 0.25) is 0 Å². The Labute approximate surface area is 112 Å². The molecule has 4 unspecified atom stereocenters. The van der Waals surface area contributed by atoms with Crippen LogP contribution in [0.4, 0.5) is 0 Å². The molecule has 1 saturated carbocycles. The van der Waals surface area contributed by atoms with E-state index in [1.54, 1.807) is 0 Å². The van der Waals surface area contributed by atoms with E-state index in [1.807, 2.05) is 0 Å². The first kappa shape index (κ1) is 14.3. The lowest BCUT2D eigenvalue weighted by Gasteiger charge is -2.48. The minimum atomic E-state index is -0.145. The number of morpholine rings is 1. The fourth-order valence-corrected chi connectivity index (χ4v) is 3.73. The Kier molecular flexibility index (Phi) is 4.35. The Morgan fingerprint density at radius 1 is 1.33 bits per heavy atom. The number of ether oxygens (including phenoxy) is 1. The molecule has 0 spiro atoms. The van der Waals surface area contributed by atoms with Gasteiger partial charge in [-0.2, -0.15) is 0 Å². The van der Waals surface area contributed by atoms with Gasteiger partial charge in [0.15, 0.2) is 0 Å². The number of rotatable bonds is 2.